The van der Waals surface area contributed by atoms with Crippen LogP contribution in [0.5, 0.6) is 0 Å². The molecule has 0 aliphatic rings. The summed E-state index contributed by atoms with van der Waals surface area (Å²) in [7, 11) is -3.50. The van der Waals surface area contributed by atoms with Gasteiger partial charge in [-0.25, -0.2) is 13.4 Å². The molecule has 1 heterocycles. The van der Waals surface area contributed by atoms with Crippen molar-refractivity contribution in [2.75, 3.05) is 18.5 Å². The number of allylic oxidation sites excluding steroid dienone is 1. The molecule has 1 N–H and O–H groups in total. The van der Waals surface area contributed by atoms with E-state index in [1.54, 1.807) is 26.1 Å². The molecule has 0 saturated carbocycles. The number of aromatic nitrogens is 1. The lowest BCUT2D eigenvalue weighted by atomic mass is 10.2. The van der Waals surface area contributed by atoms with Gasteiger partial charge in [-0.1, -0.05) is 44.2 Å². The number of sulfonamides is 1. The third kappa shape index (κ3) is 5.48. The van der Waals surface area contributed by atoms with Gasteiger partial charge in [-0.3, -0.25) is 5.43 Å². The molecule has 0 radical (unpaired) electrons. The van der Waals surface area contributed by atoms with Crippen LogP contribution in [0.4, 0.5) is 5.82 Å². The molecule has 0 atom stereocenters. The summed E-state index contributed by atoms with van der Waals surface area (Å²) in [5.74, 6) is 0.458. The maximum Gasteiger partial charge on any atom is 0.244 e. The zero-order valence-electron chi connectivity index (χ0n) is 14.6. The Morgan fingerprint density at radius 2 is 1.88 bits per heavy atom. The normalized spacial score (nSPS) is 12.7. The molecule has 8 heteroatoms. The topological polar surface area (TPSA) is 74.7 Å². The molecule has 138 valence electrons. The van der Waals surface area contributed by atoms with E-state index >= 15 is 0 Å². The monoisotopic (exact) mass is 436 g/mol. The van der Waals surface area contributed by atoms with Gasteiger partial charge in [0, 0.05) is 23.8 Å². The van der Waals surface area contributed by atoms with Crippen LogP contribution in [0.25, 0.3) is 6.08 Å². The van der Waals surface area contributed by atoms with Gasteiger partial charge in [-0.15, -0.1) is 0 Å². The summed E-state index contributed by atoms with van der Waals surface area (Å²) >= 11 is 3.42. The van der Waals surface area contributed by atoms with Gasteiger partial charge in [0.05, 0.1) is 6.21 Å². The van der Waals surface area contributed by atoms with E-state index in [-0.39, 0.29) is 4.90 Å². The zero-order chi connectivity index (χ0) is 19.0. The minimum absolute atomic E-state index is 0.167. The highest BCUT2D eigenvalue weighted by atomic mass is 79.9. The Kier molecular flexibility index (Phi) is 7.50. The summed E-state index contributed by atoms with van der Waals surface area (Å²) in [6.07, 6.45) is 4.87. The first-order valence-electron chi connectivity index (χ1n) is 8.15. The highest BCUT2D eigenvalue weighted by molar-refractivity contribution is 9.12. The minimum Gasteiger partial charge on any atom is -0.261 e. The number of rotatable bonds is 8. The lowest BCUT2D eigenvalue weighted by Crippen LogP contribution is -2.30. The summed E-state index contributed by atoms with van der Waals surface area (Å²) in [5, 5.41) is 4.08. The fourth-order valence-electron chi connectivity index (χ4n) is 2.22. The van der Waals surface area contributed by atoms with Gasteiger partial charge in [-0.05, 0) is 39.7 Å². The molecule has 0 aliphatic heterocycles. The maximum absolute atomic E-state index is 12.4. The van der Waals surface area contributed by atoms with Crippen molar-refractivity contribution in [1.29, 1.82) is 0 Å². The number of pyridine rings is 1. The van der Waals surface area contributed by atoms with E-state index in [1.165, 1.54) is 16.6 Å². The van der Waals surface area contributed by atoms with Crippen molar-refractivity contribution >= 4 is 44.1 Å². The molecule has 0 bridgehead atoms. The lowest BCUT2D eigenvalue weighted by molar-refractivity contribution is 0.445. The number of anilines is 1. The first kappa shape index (κ1) is 20.3. The summed E-state index contributed by atoms with van der Waals surface area (Å²) in [4.78, 5) is 4.28. The largest absolute Gasteiger partial charge is 0.261 e. The molecule has 2 rings (SSSR count). The fraction of sp³-hybridized carbons (Fsp3) is 0.222. The van der Waals surface area contributed by atoms with E-state index in [0.717, 1.165) is 10.0 Å². The second-order valence-corrected chi connectivity index (χ2v) is 8.13. The second-order valence-electron chi connectivity index (χ2n) is 5.28. The van der Waals surface area contributed by atoms with Crippen molar-refractivity contribution in [3.05, 3.63) is 58.7 Å². The Labute approximate surface area is 162 Å². The van der Waals surface area contributed by atoms with Crippen LogP contribution in [-0.2, 0) is 10.0 Å². The Morgan fingerprint density at radius 3 is 2.46 bits per heavy atom. The Hall–Kier alpha value is -2.03. The molecule has 0 saturated heterocycles. The predicted molar refractivity (Wildman–Crippen MR) is 110 cm³/mol. The zero-order valence-corrected chi connectivity index (χ0v) is 17.0. The van der Waals surface area contributed by atoms with Gasteiger partial charge in [-0.2, -0.15) is 9.41 Å². The van der Waals surface area contributed by atoms with Gasteiger partial charge < -0.3 is 0 Å². The fourth-order valence-corrected chi connectivity index (χ4v) is 3.99. The van der Waals surface area contributed by atoms with Crippen LogP contribution in [0.3, 0.4) is 0 Å². The molecule has 6 nitrogen and oxygen atoms in total. The molecular formula is C18H21BrN4O2S. The number of hydrogen-bond donors (Lipinski definition) is 1. The quantitative estimate of drug-likeness (QED) is 0.502. The highest BCUT2D eigenvalue weighted by Crippen LogP contribution is 2.16. The molecule has 2 aromatic rings. The van der Waals surface area contributed by atoms with Crippen LogP contribution in [0.15, 0.2) is 63.1 Å². The van der Waals surface area contributed by atoms with E-state index in [1.807, 2.05) is 36.4 Å². The molecule has 1 aromatic heterocycles. The van der Waals surface area contributed by atoms with Crippen molar-refractivity contribution in [2.24, 2.45) is 5.10 Å². The summed E-state index contributed by atoms with van der Waals surface area (Å²) in [6, 6.07) is 12.9. The second kappa shape index (κ2) is 9.61. The number of hydrogen-bond acceptors (Lipinski definition) is 5. The van der Waals surface area contributed by atoms with Crippen LogP contribution >= 0.6 is 15.9 Å². The molecule has 0 unspecified atom stereocenters. The van der Waals surface area contributed by atoms with Crippen LogP contribution < -0.4 is 5.43 Å². The third-order valence-corrected chi connectivity index (χ3v) is 6.02. The maximum atomic E-state index is 12.4. The SMILES string of the molecule is CCN(CC)S(=O)(=O)c1ccc(N/N=C/C(Br)=C/c2ccccc2)nc1. The third-order valence-electron chi connectivity index (χ3n) is 3.55. The number of nitrogens with one attached hydrogen (secondary N) is 1. The van der Waals surface area contributed by atoms with Gasteiger partial charge in [0.25, 0.3) is 0 Å². The number of benzene rings is 1. The standard InChI is InChI=1S/C18H21BrN4O2S/c1-3-23(4-2)26(24,25)17-10-11-18(20-14-17)22-21-13-16(19)12-15-8-6-5-7-9-15/h5-14H,3-4H2,1-2H3,(H,20,22)/b16-12-,21-13+. The molecular weight excluding hydrogens is 416 g/mol. The van der Waals surface area contributed by atoms with Crippen molar-refractivity contribution in [1.82, 2.24) is 9.29 Å². The van der Waals surface area contributed by atoms with Gasteiger partial charge >= 0.3 is 0 Å². The molecule has 0 spiro atoms. The van der Waals surface area contributed by atoms with E-state index in [4.69, 9.17) is 0 Å². The van der Waals surface area contributed by atoms with Crippen LogP contribution in [0.1, 0.15) is 19.4 Å². The predicted octanol–water partition coefficient (Wildman–Crippen LogP) is 3.95. The van der Waals surface area contributed by atoms with Crippen LogP contribution in [0, 0.1) is 0 Å². The van der Waals surface area contributed by atoms with E-state index < -0.39 is 10.0 Å². The van der Waals surface area contributed by atoms with Crippen molar-refractivity contribution in [3.8, 4) is 0 Å². The summed E-state index contributed by atoms with van der Waals surface area (Å²) in [6.45, 7) is 4.45. The molecule has 0 amide bonds. The Balaban J connectivity index is 2.02. The number of hydrazone groups is 1. The number of nitrogens with zero attached hydrogens (tertiary/aromatic N) is 3. The Bertz CT molecular complexity index is 862. The van der Waals surface area contributed by atoms with Crippen molar-refractivity contribution < 1.29 is 8.42 Å². The molecule has 0 aliphatic carbocycles. The van der Waals surface area contributed by atoms with E-state index in [2.05, 4.69) is 31.4 Å². The van der Waals surface area contributed by atoms with Gasteiger partial charge in [0.1, 0.15) is 10.7 Å². The van der Waals surface area contributed by atoms with E-state index in [0.29, 0.717) is 18.9 Å². The first-order chi connectivity index (χ1) is 12.5. The highest BCUT2D eigenvalue weighted by Gasteiger charge is 2.21. The van der Waals surface area contributed by atoms with Gasteiger partial charge in [0.2, 0.25) is 10.0 Å². The Morgan fingerprint density at radius 1 is 1.19 bits per heavy atom. The average Bonchev–Trinajstić information content (AvgIpc) is 2.64. The summed E-state index contributed by atoms with van der Waals surface area (Å²) < 4.78 is 27.0. The molecule has 1 aromatic carbocycles. The van der Waals surface area contributed by atoms with Crippen LogP contribution in [-0.4, -0.2) is 37.0 Å². The van der Waals surface area contributed by atoms with Crippen molar-refractivity contribution in [3.63, 3.8) is 0 Å². The average molecular weight is 437 g/mol. The summed E-state index contributed by atoms with van der Waals surface area (Å²) in [5.41, 5.74) is 3.83. The molecule has 0 fully saturated rings. The van der Waals surface area contributed by atoms with Crippen molar-refractivity contribution in [2.45, 2.75) is 18.7 Å². The number of halogens is 1. The van der Waals surface area contributed by atoms with E-state index in [9.17, 15) is 8.42 Å². The molecule has 26 heavy (non-hydrogen) atoms. The smallest absolute Gasteiger partial charge is 0.244 e. The minimum atomic E-state index is -3.50. The lowest BCUT2D eigenvalue weighted by Gasteiger charge is -2.18. The first-order valence-corrected chi connectivity index (χ1v) is 10.4. The van der Waals surface area contributed by atoms with Gasteiger partial charge in [0.15, 0.2) is 0 Å². The van der Waals surface area contributed by atoms with Crippen LogP contribution in [0.2, 0.25) is 0 Å².